The van der Waals surface area contributed by atoms with Crippen molar-refractivity contribution in [3.63, 3.8) is 0 Å². The van der Waals surface area contributed by atoms with Crippen LogP contribution in [-0.4, -0.2) is 54.8 Å². The number of nitriles is 1. The van der Waals surface area contributed by atoms with Gasteiger partial charge in [0.15, 0.2) is 5.60 Å². The zero-order chi connectivity index (χ0) is 18.0. The number of nitrogens with two attached hydrogens (primary N) is 1. The molecule has 1 rings (SSSR count). The molecule has 4 N–H and O–H groups in total. The lowest BCUT2D eigenvalue weighted by Gasteiger charge is -2.23. The topological polar surface area (TPSA) is 155 Å². The monoisotopic (exact) mass is 337 g/mol. The van der Waals surface area contributed by atoms with Gasteiger partial charge in [-0.15, -0.1) is 0 Å². The molecule has 130 valence electrons. The van der Waals surface area contributed by atoms with Crippen molar-refractivity contribution in [2.45, 2.75) is 18.4 Å². The second-order valence-electron chi connectivity index (χ2n) is 4.64. The van der Waals surface area contributed by atoms with Gasteiger partial charge in [-0.3, -0.25) is 0 Å². The number of aliphatic imine (C=N–C) groups is 1. The number of ether oxygens (including phenoxy) is 2. The molecule has 0 aliphatic carbocycles. The number of hydrogen-bond acceptors (Lipinski definition) is 6. The SMILES string of the molecule is CON=C(N=CN)c1ccc(CCC(C#N)(COC(=O)O)OC)[nH]1. The highest BCUT2D eigenvalue weighted by Crippen LogP contribution is 2.19. The Hall–Kier alpha value is -3.06. The van der Waals surface area contributed by atoms with Gasteiger partial charge in [-0.1, -0.05) is 5.16 Å². The molecule has 24 heavy (non-hydrogen) atoms. The summed E-state index contributed by atoms with van der Waals surface area (Å²) in [5.41, 5.74) is 5.25. The smallest absolute Gasteiger partial charge is 0.450 e. The normalized spacial score (nSPS) is 14.1. The summed E-state index contributed by atoms with van der Waals surface area (Å²) in [6.45, 7) is -0.378. The highest BCUT2D eigenvalue weighted by atomic mass is 16.7. The van der Waals surface area contributed by atoms with Gasteiger partial charge >= 0.3 is 6.16 Å². The van der Waals surface area contributed by atoms with Crippen LogP contribution in [0.2, 0.25) is 0 Å². The molecule has 0 aliphatic rings. The number of nitrogens with one attached hydrogen (secondary N) is 1. The minimum Gasteiger partial charge on any atom is -0.450 e. The minimum absolute atomic E-state index is 0.226. The van der Waals surface area contributed by atoms with Crippen molar-refractivity contribution in [2.75, 3.05) is 20.8 Å². The van der Waals surface area contributed by atoms with E-state index >= 15 is 0 Å². The number of aromatic amines is 1. The summed E-state index contributed by atoms with van der Waals surface area (Å²) in [6.07, 6.45) is 0.267. The summed E-state index contributed by atoms with van der Waals surface area (Å²) in [4.78, 5) is 22.1. The highest BCUT2D eigenvalue weighted by molar-refractivity contribution is 6.01. The Morgan fingerprint density at radius 2 is 2.29 bits per heavy atom. The molecule has 10 nitrogen and oxygen atoms in total. The first-order valence-electron chi connectivity index (χ1n) is 6.86. The Morgan fingerprint density at radius 1 is 1.54 bits per heavy atom. The average molecular weight is 337 g/mol. The van der Waals surface area contributed by atoms with Gasteiger partial charge in [-0.2, -0.15) is 5.26 Å². The second-order valence-corrected chi connectivity index (χ2v) is 4.64. The number of H-pyrrole nitrogens is 1. The summed E-state index contributed by atoms with van der Waals surface area (Å²) in [5.74, 6) is 0.263. The van der Waals surface area contributed by atoms with Crippen LogP contribution < -0.4 is 5.73 Å². The fraction of sp³-hybridized carbons (Fsp3) is 0.429. The van der Waals surface area contributed by atoms with E-state index in [-0.39, 0.29) is 18.9 Å². The molecule has 0 radical (unpaired) electrons. The molecule has 10 heteroatoms. The van der Waals surface area contributed by atoms with E-state index in [0.29, 0.717) is 12.1 Å². The Labute approximate surface area is 138 Å². The lowest BCUT2D eigenvalue weighted by atomic mass is 9.99. The summed E-state index contributed by atoms with van der Waals surface area (Å²) in [7, 11) is 2.71. The molecule has 1 aromatic rings. The van der Waals surface area contributed by atoms with Crippen molar-refractivity contribution < 1.29 is 24.2 Å². The van der Waals surface area contributed by atoms with Gasteiger partial charge in [0, 0.05) is 12.8 Å². The van der Waals surface area contributed by atoms with Crippen molar-refractivity contribution >= 4 is 18.3 Å². The molecule has 1 unspecified atom stereocenters. The van der Waals surface area contributed by atoms with E-state index in [1.807, 2.05) is 6.07 Å². The minimum atomic E-state index is -1.46. The Morgan fingerprint density at radius 3 is 2.83 bits per heavy atom. The van der Waals surface area contributed by atoms with E-state index in [2.05, 4.69) is 24.7 Å². The predicted octanol–water partition coefficient (Wildman–Crippen LogP) is 0.846. The van der Waals surface area contributed by atoms with Crippen molar-refractivity contribution in [2.24, 2.45) is 15.9 Å². The molecule has 0 saturated heterocycles. The number of rotatable bonds is 8. The zero-order valence-electron chi connectivity index (χ0n) is 13.4. The summed E-state index contributed by atoms with van der Waals surface area (Å²) < 4.78 is 9.62. The number of carboxylic acid groups (broad SMARTS) is 1. The van der Waals surface area contributed by atoms with Gasteiger partial charge in [-0.25, -0.2) is 9.79 Å². The fourth-order valence-electron chi connectivity index (χ4n) is 1.90. The zero-order valence-corrected chi connectivity index (χ0v) is 13.4. The molecular formula is C14H19N5O5. The molecule has 1 heterocycles. The fourth-order valence-corrected chi connectivity index (χ4v) is 1.90. The molecule has 0 aliphatic heterocycles. The van der Waals surface area contributed by atoms with E-state index in [0.717, 1.165) is 12.0 Å². The molecule has 0 spiro atoms. The molecule has 0 bridgehead atoms. The summed E-state index contributed by atoms with van der Waals surface area (Å²) in [5, 5.41) is 21.6. The van der Waals surface area contributed by atoms with Crippen LogP contribution in [-0.2, 0) is 20.7 Å². The van der Waals surface area contributed by atoms with Crippen molar-refractivity contribution in [3.05, 3.63) is 23.5 Å². The summed E-state index contributed by atoms with van der Waals surface area (Å²) in [6, 6.07) is 5.46. The summed E-state index contributed by atoms with van der Waals surface area (Å²) >= 11 is 0. The molecule has 1 aromatic heterocycles. The highest BCUT2D eigenvalue weighted by Gasteiger charge is 2.32. The first-order valence-corrected chi connectivity index (χ1v) is 6.86. The number of oxime groups is 1. The van der Waals surface area contributed by atoms with Gasteiger partial charge in [-0.05, 0) is 25.0 Å². The van der Waals surface area contributed by atoms with E-state index in [4.69, 9.17) is 15.6 Å². The maximum absolute atomic E-state index is 10.5. The van der Waals surface area contributed by atoms with Crippen molar-refractivity contribution in [1.29, 1.82) is 5.26 Å². The molecule has 1 atom stereocenters. The van der Waals surface area contributed by atoms with Gasteiger partial charge in [0.1, 0.15) is 19.8 Å². The molecule has 0 amide bonds. The third-order valence-corrected chi connectivity index (χ3v) is 3.18. The van der Waals surface area contributed by atoms with E-state index in [9.17, 15) is 10.1 Å². The number of aryl methyl sites for hydroxylation is 1. The third-order valence-electron chi connectivity index (χ3n) is 3.18. The van der Waals surface area contributed by atoms with E-state index in [1.54, 1.807) is 12.1 Å². The van der Waals surface area contributed by atoms with Crippen LogP contribution in [0.25, 0.3) is 0 Å². The molecule has 0 fully saturated rings. The van der Waals surface area contributed by atoms with Crippen molar-refractivity contribution in [1.82, 2.24) is 4.98 Å². The number of hydrogen-bond donors (Lipinski definition) is 3. The molecule has 0 saturated carbocycles. The van der Waals surface area contributed by atoms with Gasteiger partial charge < -0.3 is 30.1 Å². The number of nitrogens with zero attached hydrogens (tertiary/aromatic N) is 3. The Balaban J connectivity index is 2.81. The first kappa shape index (κ1) is 19.0. The largest absolute Gasteiger partial charge is 0.505 e. The number of methoxy groups -OCH3 is 1. The van der Waals surface area contributed by atoms with Crippen LogP contribution >= 0.6 is 0 Å². The number of aromatic nitrogens is 1. The number of carbonyl (C=O) groups is 1. The van der Waals surface area contributed by atoms with Crippen LogP contribution in [0, 0.1) is 11.3 Å². The number of amidine groups is 1. The van der Waals surface area contributed by atoms with Gasteiger partial charge in [0.2, 0.25) is 5.84 Å². The maximum Gasteiger partial charge on any atom is 0.505 e. The molecule has 0 aromatic carbocycles. The first-order chi connectivity index (χ1) is 11.5. The third kappa shape index (κ3) is 5.29. The Kier molecular flexibility index (Phi) is 7.25. The standard InChI is InChI=1S/C14H19N5O5/c1-22-14(7-15,8-24-13(20)21)6-5-10-3-4-11(18-10)12(17-9-16)19-23-2/h3-4,9,18H,5-6,8H2,1-2H3,(H,20,21)(H2,16,17,19). The van der Waals surface area contributed by atoms with Crippen LogP contribution in [0.5, 0.6) is 0 Å². The van der Waals surface area contributed by atoms with Crippen molar-refractivity contribution in [3.8, 4) is 6.07 Å². The predicted molar refractivity (Wildman–Crippen MR) is 84.7 cm³/mol. The molecular weight excluding hydrogens is 318 g/mol. The van der Waals surface area contributed by atoms with Gasteiger partial charge in [0.05, 0.1) is 12.0 Å². The second kappa shape index (κ2) is 9.16. The van der Waals surface area contributed by atoms with Crippen LogP contribution in [0.3, 0.4) is 0 Å². The lowest BCUT2D eigenvalue weighted by molar-refractivity contribution is -0.0310. The van der Waals surface area contributed by atoms with E-state index in [1.165, 1.54) is 14.2 Å². The van der Waals surface area contributed by atoms with Crippen LogP contribution in [0.15, 0.2) is 22.3 Å². The van der Waals surface area contributed by atoms with E-state index < -0.39 is 11.8 Å². The maximum atomic E-state index is 10.5. The Bertz CT molecular complexity index is 648. The van der Waals surface area contributed by atoms with Crippen LogP contribution in [0.1, 0.15) is 17.8 Å². The van der Waals surface area contributed by atoms with Gasteiger partial charge in [0.25, 0.3) is 0 Å². The van der Waals surface area contributed by atoms with Crippen LogP contribution in [0.4, 0.5) is 4.79 Å². The quantitative estimate of drug-likeness (QED) is 0.275. The average Bonchev–Trinajstić information content (AvgIpc) is 3.04. The lowest BCUT2D eigenvalue weighted by Crippen LogP contribution is -2.36.